The molecule has 89 heavy (non-hydrogen) atoms. The topological polar surface area (TPSA) is 237 Å². The highest BCUT2D eigenvalue weighted by atomic mass is 31.2. The first-order valence-corrected chi connectivity index (χ1v) is 39.3. The van der Waals surface area contributed by atoms with Crippen LogP contribution in [0.25, 0.3) is 0 Å². The largest absolute Gasteiger partial charge is 0.472 e. The minimum atomic E-state index is -4.95. The van der Waals surface area contributed by atoms with Crippen molar-refractivity contribution in [3.05, 3.63) is 0 Å². The third kappa shape index (κ3) is 62.0. The molecule has 7 atom stereocenters. The van der Waals surface area contributed by atoms with Crippen LogP contribution in [0.4, 0.5) is 0 Å². The average Bonchev–Trinajstić information content (AvgIpc) is 3.67. The highest BCUT2D eigenvalue weighted by Gasteiger charge is 2.30. The van der Waals surface area contributed by atoms with E-state index in [0.717, 1.165) is 126 Å². The van der Waals surface area contributed by atoms with Crippen LogP contribution in [0.1, 0.15) is 344 Å². The van der Waals surface area contributed by atoms with Crippen molar-refractivity contribution in [1.29, 1.82) is 0 Å². The first-order valence-electron chi connectivity index (χ1n) is 36.3. The van der Waals surface area contributed by atoms with Gasteiger partial charge >= 0.3 is 39.5 Å². The normalized spacial score (nSPS) is 14.9. The summed E-state index contributed by atoms with van der Waals surface area (Å²) in [5, 5.41) is 10.6. The van der Waals surface area contributed by atoms with Gasteiger partial charge in [0.2, 0.25) is 0 Å². The molecule has 0 saturated heterocycles. The first kappa shape index (κ1) is 87.1. The van der Waals surface area contributed by atoms with Gasteiger partial charge in [-0.25, -0.2) is 9.13 Å². The number of unbranched alkanes of at least 4 members (excludes halogenated alkanes) is 31. The zero-order chi connectivity index (χ0) is 66.1. The van der Waals surface area contributed by atoms with Gasteiger partial charge in [-0.05, 0) is 49.4 Å². The number of phosphoric acid groups is 2. The molecule has 17 nitrogen and oxygen atoms in total. The molecule has 3 N–H and O–H groups in total. The SMILES string of the molecule is CCC(C)CCCCCCCCC(=O)OC[C@H](COP(=O)(O)OC[C@@H](O)COP(=O)(O)OC[C@@H](COC(=O)CCCCCCCCC(C)CC)OC(=O)CCCCCCCCCCCCC(C)C)OC(=O)CCCCCCCCCCCCCCCC(C)C. The van der Waals surface area contributed by atoms with Gasteiger partial charge in [-0.1, -0.05) is 293 Å². The molecule has 0 aliphatic carbocycles. The van der Waals surface area contributed by atoms with Crippen LogP contribution in [0.3, 0.4) is 0 Å². The summed E-state index contributed by atoms with van der Waals surface area (Å²) in [4.78, 5) is 72.5. The third-order valence-electron chi connectivity index (χ3n) is 16.8. The van der Waals surface area contributed by atoms with Gasteiger partial charge in [-0.3, -0.25) is 37.3 Å². The fourth-order valence-electron chi connectivity index (χ4n) is 10.4. The molecule has 0 bridgehead atoms. The summed E-state index contributed by atoms with van der Waals surface area (Å²) in [5.74, 6) is 0.869. The molecular formula is C70H136O17P2. The number of phosphoric ester groups is 2. The Morgan fingerprint density at radius 2 is 0.539 bits per heavy atom. The van der Waals surface area contributed by atoms with Crippen LogP contribution >= 0.6 is 15.6 Å². The molecule has 0 aromatic heterocycles. The quantitative estimate of drug-likeness (QED) is 0.0222. The Bertz CT molecular complexity index is 1770. The van der Waals surface area contributed by atoms with Crippen LogP contribution in [-0.2, 0) is 65.4 Å². The molecule has 0 aliphatic heterocycles. The second-order valence-corrected chi connectivity index (χ2v) is 29.6. The Morgan fingerprint density at radius 1 is 0.315 bits per heavy atom. The number of carbonyl (C=O) groups is 4. The van der Waals surface area contributed by atoms with Crippen molar-refractivity contribution in [2.75, 3.05) is 39.6 Å². The van der Waals surface area contributed by atoms with Gasteiger partial charge in [0.25, 0.3) is 0 Å². The van der Waals surface area contributed by atoms with E-state index in [0.29, 0.717) is 25.7 Å². The van der Waals surface area contributed by atoms with Crippen LogP contribution in [0.2, 0.25) is 0 Å². The summed E-state index contributed by atoms with van der Waals surface area (Å²) in [5.41, 5.74) is 0. The van der Waals surface area contributed by atoms with E-state index in [1.165, 1.54) is 135 Å². The van der Waals surface area contributed by atoms with Gasteiger partial charge in [0, 0.05) is 25.7 Å². The molecule has 0 aromatic carbocycles. The summed E-state index contributed by atoms with van der Waals surface area (Å²) in [6.07, 6.45) is 41.7. The smallest absolute Gasteiger partial charge is 0.462 e. The van der Waals surface area contributed by atoms with Crippen LogP contribution in [0.15, 0.2) is 0 Å². The lowest BCUT2D eigenvalue weighted by atomic mass is 10.00. The summed E-state index contributed by atoms with van der Waals surface area (Å²) in [7, 11) is -9.90. The second kappa shape index (κ2) is 59.8. The molecule has 4 unspecified atom stereocenters. The van der Waals surface area contributed by atoms with Crippen molar-refractivity contribution < 1.29 is 80.2 Å². The zero-order valence-electron chi connectivity index (χ0n) is 58.1. The van der Waals surface area contributed by atoms with Gasteiger partial charge in [0.05, 0.1) is 26.4 Å². The van der Waals surface area contributed by atoms with E-state index in [4.69, 9.17) is 37.0 Å². The van der Waals surface area contributed by atoms with Crippen LogP contribution in [0.5, 0.6) is 0 Å². The second-order valence-electron chi connectivity index (χ2n) is 26.7. The molecule has 528 valence electrons. The van der Waals surface area contributed by atoms with Crippen LogP contribution in [0, 0.1) is 23.7 Å². The number of rotatable bonds is 67. The van der Waals surface area contributed by atoms with Crippen LogP contribution in [-0.4, -0.2) is 96.7 Å². The van der Waals surface area contributed by atoms with Crippen LogP contribution < -0.4 is 0 Å². The van der Waals surface area contributed by atoms with E-state index in [-0.39, 0.29) is 25.7 Å². The molecule has 0 fully saturated rings. The summed E-state index contributed by atoms with van der Waals surface area (Å²) < 4.78 is 68.3. The third-order valence-corrected chi connectivity index (χ3v) is 18.7. The molecule has 0 rings (SSSR count). The predicted molar refractivity (Wildman–Crippen MR) is 358 cm³/mol. The minimum absolute atomic E-state index is 0.104. The Hall–Kier alpha value is -1.94. The highest BCUT2D eigenvalue weighted by molar-refractivity contribution is 7.47. The van der Waals surface area contributed by atoms with Gasteiger partial charge in [0.1, 0.15) is 19.3 Å². The summed E-state index contributed by atoms with van der Waals surface area (Å²) in [6.45, 7) is 14.1. The van der Waals surface area contributed by atoms with Crippen molar-refractivity contribution in [2.45, 2.75) is 363 Å². The maximum Gasteiger partial charge on any atom is 0.472 e. The number of aliphatic hydroxyl groups is 1. The molecule has 0 spiro atoms. The summed E-state index contributed by atoms with van der Waals surface area (Å²) >= 11 is 0. The standard InChI is InChI=1S/C70H136O17P2/c1-9-62(7)48-40-32-26-28-34-42-50-67(72)80-56-65(86-69(74)52-44-36-24-20-15-13-11-12-14-18-22-30-38-46-60(3)4)58-84-88(76,77)82-54-64(71)55-83-89(78,79)85-59-66(57-81-68(73)51-43-35-29-27-33-41-49-63(8)10-2)87-70(75)53-45-37-25-21-17-16-19-23-31-39-47-61(5)6/h60-66,71H,9-59H2,1-8H3,(H,76,77)(H,78,79)/t62?,63?,64-,65-,66-/m1/s1. The molecule has 0 aromatic rings. The van der Waals surface area contributed by atoms with Crippen molar-refractivity contribution in [2.24, 2.45) is 23.7 Å². The lowest BCUT2D eigenvalue weighted by molar-refractivity contribution is -0.161. The molecule has 0 radical (unpaired) electrons. The fourth-order valence-corrected chi connectivity index (χ4v) is 12.0. The number of hydrogen-bond acceptors (Lipinski definition) is 15. The number of ether oxygens (including phenoxy) is 4. The maximum atomic E-state index is 13.0. The average molecular weight is 1310 g/mol. The number of carbonyl (C=O) groups excluding carboxylic acids is 4. The van der Waals surface area contributed by atoms with Crippen molar-refractivity contribution in [3.8, 4) is 0 Å². The van der Waals surface area contributed by atoms with E-state index < -0.39 is 97.5 Å². The highest BCUT2D eigenvalue weighted by Crippen LogP contribution is 2.45. The molecule has 0 saturated carbocycles. The van der Waals surface area contributed by atoms with E-state index in [1.54, 1.807) is 0 Å². The van der Waals surface area contributed by atoms with Gasteiger partial charge in [-0.15, -0.1) is 0 Å². The first-order chi connectivity index (χ1) is 42.7. The fraction of sp³-hybridized carbons (Fsp3) is 0.943. The lowest BCUT2D eigenvalue weighted by Crippen LogP contribution is -2.30. The number of aliphatic hydroxyl groups excluding tert-OH is 1. The number of hydrogen-bond donors (Lipinski definition) is 3. The Labute approximate surface area is 543 Å². The number of esters is 4. The van der Waals surface area contributed by atoms with E-state index in [9.17, 15) is 43.2 Å². The van der Waals surface area contributed by atoms with Gasteiger partial charge in [-0.2, -0.15) is 0 Å². The minimum Gasteiger partial charge on any atom is -0.462 e. The molecule has 0 heterocycles. The molecule has 0 aliphatic rings. The van der Waals surface area contributed by atoms with Gasteiger partial charge in [0.15, 0.2) is 12.2 Å². The van der Waals surface area contributed by atoms with E-state index in [2.05, 4.69) is 55.4 Å². The molecule has 19 heteroatoms. The van der Waals surface area contributed by atoms with Crippen molar-refractivity contribution in [3.63, 3.8) is 0 Å². The maximum absolute atomic E-state index is 13.0. The van der Waals surface area contributed by atoms with Gasteiger partial charge < -0.3 is 33.8 Å². The Morgan fingerprint density at radius 3 is 0.798 bits per heavy atom. The monoisotopic (exact) mass is 1310 g/mol. The summed E-state index contributed by atoms with van der Waals surface area (Å²) in [6, 6.07) is 0. The van der Waals surface area contributed by atoms with E-state index >= 15 is 0 Å². The Balaban J connectivity index is 5.25. The Kier molecular flexibility index (Phi) is 58.5. The zero-order valence-corrected chi connectivity index (χ0v) is 59.8. The van der Waals surface area contributed by atoms with Crippen molar-refractivity contribution >= 4 is 39.5 Å². The molecular weight excluding hydrogens is 1170 g/mol. The van der Waals surface area contributed by atoms with E-state index in [1.807, 2.05) is 0 Å². The predicted octanol–water partition coefficient (Wildman–Crippen LogP) is 19.7. The lowest BCUT2D eigenvalue weighted by Gasteiger charge is -2.21. The van der Waals surface area contributed by atoms with Crippen molar-refractivity contribution in [1.82, 2.24) is 0 Å². The molecule has 0 amide bonds.